The van der Waals surface area contributed by atoms with Gasteiger partial charge in [0.05, 0.1) is 16.2 Å². The first-order chi connectivity index (χ1) is 13.1. The lowest BCUT2D eigenvalue weighted by Gasteiger charge is -2.29. The second kappa shape index (κ2) is 7.48. The van der Waals surface area contributed by atoms with Crippen LogP contribution in [0.15, 0.2) is 45.7 Å². The summed E-state index contributed by atoms with van der Waals surface area (Å²) in [6.45, 7) is 5.79. The lowest BCUT2D eigenvalue weighted by Crippen LogP contribution is -2.40. The van der Waals surface area contributed by atoms with Gasteiger partial charge in [0.25, 0.3) is 5.56 Å². The summed E-state index contributed by atoms with van der Waals surface area (Å²) in [7, 11) is 0. The molecule has 7 heteroatoms. The Morgan fingerprint density at radius 1 is 1.33 bits per heavy atom. The number of rotatable bonds is 4. The van der Waals surface area contributed by atoms with Crippen molar-refractivity contribution in [2.45, 2.75) is 43.8 Å². The Morgan fingerprint density at radius 2 is 2.15 bits per heavy atom. The van der Waals surface area contributed by atoms with Crippen LogP contribution in [0.1, 0.15) is 24.3 Å². The molecule has 1 aliphatic rings. The Labute approximate surface area is 166 Å². The maximum atomic E-state index is 13.0. The minimum Gasteiger partial charge on any atom is -0.337 e. The summed E-state index contributed by atoms with van der Waals surface area (Å²) < 4.78 is 1.66. The van der Waals surface area contributed by atoms with Gasteiger partial charge in [-0.1, -0.05) is 23.9 Å². The summed E-state index contributed by atoms with van der Waals surface area (Å²) in [5, 5.41) is 3.02. The highest BCUT2D eigenvalue weighted by Gasteiger charge is 2.27. The van der Waals surface area contributed by atoms with Crippen molar-refractivity contribution in [3.63, 3.8) is 0 Å². The third kappa shape index (κ3) is 3.41. The number of carbonyl (C=O) groups is 1. The quantitative estimate of drug-likeness (QED) is 0.497. The van der Waals surface area contributed by atoms with Crippen molar-refractivity contribution in [3.05, 3.63) is 56.5 Å². The second-order valence-electron chi connectivity index (χ2n) is 6.60. The van der Waals surface area contributed by atoms with Gasteiger partial charge in [0.15, 0.2) is 5.16 Å². The van der Waals surface area contributed by atoms with Crippen LogP contribution < -0.4 is 5.56 Å². The van der Waals surface area contributed by atoms with Gasteiger partial charge in [0.1, 0.15) is 0 Å². The zero-order valence-electron chi connectivity index (χ0n) is 15.3. The van der Waals surface area contributed by atoms with Crippen LogP contribution in [0.25, 0.3) is 10.9 Å². The highest BCUT2D eigenvalue weighted by molar-refractivity contribution is 8.00. The summed E-state index contributed by atoms with van der Waals surface area (Å²) in [4.78, 5) is 33.7. The van der Waals surface area contributed by atoms with Crippen molar-refractivity contribution in [1.82, 2.24) is 14.5 Å². The molecule has 0 spiro atoms. The number of benzene rings is 1. The number of amides is 1. The Hall–Kier alpha value is -2.12. The minimum atomic E-state index is -0.295. The Morgan fingerprint density at radius 3 is 2.96 bits per heavy atom. The molecule has 1 atom stereocenters. The van der Waals surface area contributed by atoms with Crippen LogP contribution in [0, 0.1) is 0 Å². The van der Waals surface area contributed by atoms with Crippen molar-refractivity contribution >= 4 is 39.9 Å². The smallest absolute Gasteiger partial charge is 0.262 e. The van der Waals surface area contributed by atoms with Gasteiger partial charge in [0.2, 0.25) is 5.91 Å². The second-order valence-corrected chi connectivity index (χ2v) is 8.91. The van der Waals surface area contributed by atoms with E-state index in [0.29, 0.717) is 29.1 Å². The molecule has 1 aliphatic heterocycles. The first kappa shape index (κ1) is 18.3. The number of nitrogens with zero attached hydrogens (tertiary/aromatic N) is 3. The van der Waals surface area contributed by atoms with Crippen LogP contribution in [0.3, 0.4) is 0 Å². The molecule has 0 aliphatic carbocycles. The summed E-state index contributed by atoms with van der Waals surface area (Å²) in [6.07, 6.45) is 0.921. The predicted octanol–water partition coefficient (Wildman–Crippen LogP) is 3.54. The molecule has 27 heavy (non-hydrogen) atoms. The highest BCUT2D eigenvalue weighted by atomic mass is 32.2. The van der Waals surface area contributed by atoms with E-state index in [9.17, 15) is 9.59 Å². The van der Waals surface area contributed by atoms with Crippen LogP contribution >= 0.6 is 23.1 Å². The van der Waals surface area contributed by atoms with E-state index < -0.39 is 0 Å². The van der Waals surface area contributed by atoms with Gasteiger partial charge in [-0.2, -0.15) is 0 Å². The summed E-state index contributed by atoms with van der Waals surface area (Å²) in [5.41, 5.74) is 1.88. The summed E-state index contributed by atoms with van der Waals surface area (Å²) in [5.74, 6) is 0.0990. The Balaban J connectivity index is 1.58. The van der Waals surface area contributed by atoms with Gasteiger partial charge in [-0.3, -0.25) is 14.2 Å². The predicted molar refractivity (Wildman–Crippen MR) is 110 cm³/mol. The van der Waals surface area contributed by atoms with Crippen molar-refractivity contribution in [3.8, 4) is 0 Å². The van der Waals surface area contributed by atoms with Crippen molar-refractivity contribution in [2.24, 2.45) is 0 Å². The fourth-order valence-corrected chi connectivity index (χ4v) is 5.36. The first-order valence-electron chi connectivity index (χ1n) is 9.08. The third-order valence-corrected chi connectivity index (χ3v) is 6.99. The largest absolute Gasteiger partial charge is 0.337 e. The minimum absolute atomic E-state index is 0.0499. The summed E-state index contributed by atoms with van der Waals surface area (Å²) in [6, 6.07) is 9.47. The average molecular weight is 400 g/mol. The van der Waals surface area contributed by atoms with Gasteiger partial charge in [-0.15, -0.1) is 11.3 Å². The van der Waals surface area contributed by atoms with E-state index in [4.69, 9.17) is 0 Å². The number of carbonyl (C=O) groups excluding carboxylic acids is 1. The molecule has 4 rings (SSSR count). The maximum absolute atomic E-state index is 13.0. The Kier molecular flexibility index (Phi) is 5.06. The molecule has 0 N–H and O–H groups in total. The van der Waals surface area contributed by atoms with Crippen LogP contribution in [0.2, 0.25) is 0 Å². The molecule has 1 unspecified atom stereocenters. The van der Waals surface area contributed by atoms with Crippen LogP contribution in [0.5, 0.6) is 0 Å². The van der Waals surface area contributed by atoms with E-state index in [0.717, 1.165) is 13.0 Å². The third-order valence-electron chi connectivity index (χ3n) is 4.89. The van der Waals surface area contributed by atoms with Crippen molar-refractivity contribution in [2.75, 3.05) is 6.54 Å². The lowest BCUT2D eigenvalue weighted by molar-refractivity contribution is -0.131. The molecular formula is C20H21N3O2S2. The van der Waals surface area contributed by atoms with E-state index in [2.05, 4.69) is 16.4 Å². The molecule has 0 fully saturated rings. The number of thioether (sulfide) groups is 1. The maximum Gasteiger partial charge on any atom is 0.262 e. The molecular weight excluding hydrogens is 378 g/mol. The average Bonchev–Trinajstić information content (AvgIpc) is 3.15. The number of hydrogen-bond acceptors (Lipinski definition) is 5. The summed E-state index contributed by atoms with van der Waals surface area (Å²) >= 11 is 3.14. The molecule has 1 amide bonds. The van der Waals surface area contributed by atoms with Crippen LogP contribution in [-0.2, 0) is 24.3 Å². The van der Waals surface area contributed by atoms with E-state index in [1.54, 1.807) is 22.0 Å². The molecule has 3 heterocycles. The van der Waals surface area contributed by atoms with Gasteiger partial charge >= 0.3 is 0 Å². The molecule has 2 aromatic heterocycles. The van der Waals surface area contributed by atoms with Crippen molar-refractivity contribution < 1.29 is 4.79 Å². The van der Waals surface area contributed by atoms with E-state index in [1.165, 1.54) is 22.2 Å². The molecule has 1 aromatic carbocycles. The Bertz CT molecular complexity index is 1060. The van der Waals surface area contributed by atoms with Crippen molar-refractivity contribution in [1.29, 1.82) is 0 Å². The van der Waals surface area contributed by atoms with Gasteiger partial charge in [-0.25, -0.2) is 4.98 Å². The molecule has 0 saturated carbocycles. The first-order valence-corrected chi connectivity index (χ1v) is 10.8. The fraction of sp³-hybridized carbons (Fsp3) is 0.350. The molecule has 0 radical (unpaired) electrons. The van der Waals surface area contributed by atoms with E-state index >= 15 is 0 Å². The SMILES string of the molecule is CCn1c(SC(C)C(=O)N2CCc3sccc3C2)nc2ccccc2c1=O. The topological polar surface area (TPSA) is 55.2 Å². The number of fused-ring (bicyclic) bond motifs is 2. The van der Waals surface area contributed by atoms with Gasteiger partial charge in [0, 0.05) is 24.5 Å². The zero-order valence-corrected chi connectivity index (χ0v) is 17.0. The lowest BCUT2D eigenvalue weighted by atomic mass is 10.1. The van der Waals surface area contributed by atoms with Crippen LogP contribution in [0.4, 0.5) is 0 Å². The number of hydrogen-bond donors (Lipinski definition) is 0. The van der Waals surface area contributed by atoms with Gasteiger partial charge < -0.3 is 4.90 Å². The van der Waals surface area contributed by atoms with E-state index in [1.807, 2.05) is 36.9 Å². The molecule has 0 saturated heterocycles. The number of thiophene rings is 1. The fourth-order valence-electron chi connectivity index (χ4n) is 3.42. The molecule has 0 bridgehead atoms. The van der Waals surface area contributed by atoms with Crippen LogP contribution in [-0.4, -0.2) is 32.2 Å². The highest BCUT2D eigenvalue weighted by Crippen LogP contribution is 2.28. The number of para-hydroxylation sites is 1. The number of aromatic nitrogens is 2. The van der Waals surface area contributed by atoms with E-state index in [-0.39, 0.29) is 16.7 Å². The molecule has 5 nitrogen and oxygen atoms in total. The zero-order chi connectivity index (χ0) is 19.0. The normalized spacial score (nSPS) is 15.0. The molecule has 3 aromatic rings. The monoisotopic (exact) mass is 399 g/mol. The standard InChI is InChI=1S/C20H21N3O2S2/c1-3-23-19(25)15-6-4-5-7-16(15)21-20(23)27-13(2)18(24)22-10-8-17-14(12-22)9-11-26-17/h4-7,9,11,13H,3,8,10,12H2,1-2H3. The molecule has 140 valence electrons. The van der Waals surface area contributed by atoms with Gasteiger partial charge in [-0.05, 0) is 49.4 Å².